The predicted molar refractivity (Wildman–Crippen MR) is 120 cm³/mol. The molecule has 2 aromatic carbocycles. The van der Waals surface area contributed by atoms with Gasteiger partial charge in [-0.05, 0) is 49.4 Å². The van der Waals surface area contributed by atoms with Crippen molar-refractivity contribution in [2.24, 2.45) is 0 Å². The van der Waals surface area contributed by atoms with Gasteiger partial charge in [0.05, 0.1) is 47.4 Å². The van der Waals surface area contributed by atoms with E-state index >= 15 is 0 Å². The van der Waals surface area contributed by atoms with Gasteiger partial charge in [0.1, 0.15) is 0 Å². The van der Waals surface area contributed by atoms with Crippen LogP contribution in [0.2, 0.25) is 5.02 Å². The number of hydrogen-bond acceptors (Lipinski definition) is 5. The number of carbonyl (C=O) groups excluding carboxylic acids is 2. The van der Waals surface area contributed by atoms with Crippen LogP contribution in [-0.4, -0.2) is 34.9 Å². The minimum absolute atomic E-state index is 0.204. The van der Waals surface area contributed by atoms with Crippen LogP contribution < -0.4 is 0 Å². The fourth-order valence-corrected chi connectivity index (χ4v) is 4.48. The van der Waals surface area contributed by atoms with E-state index in [4.69, 9.17) is 26.2 Å². The molecule has 164 valence electrons. The molecule has 32 heavy (non-hydrogen) atoms. The summed E-state index contributed by atoms with van der Waals surface area (Å²) >= 11 is 6.50. The molecule has 7 heteroatoms. The highest BCUT2D eigenvalue weighted by atomic mass is 35.5. The smallest absolute Gasteiger partial charge is 0.338 e. The first-order valence-corrected chi connectivity index (χ1v) is 11.3. The first kappa shape index (κ1) is 20.9. The molecule has 1 aliphatic carbocycles. The summed E-state index contributed by atoms with van der Waals surface area (Å²) in [5.74, 6) is -0.182. The molecule has 0 bridgehead atoms. The van der Waals surface area contributed by atoms with Crippen LogP contribution in [0.15, 0.2) is 42.5 Å². The molecule has 2 heterocycles. The molecular weight excluding hydrogens is 428 g/mol. The second-order valence-corrected chi connectivity index (χ2v) is 8.48. The number of aromatic nitrogens is 2. The van der Waals surface area contributed by atoms with Crippen molar-refractivity contribution in [2.75, 3.05) is 13.2 Å². The van der Waals surface area contributed by atoms with Crippen molar-refractivity contribution in [3.05, 3.63) is 75.4 Å². The van der Waals surface area contributed by atoms with Crippen molar-refractivity contribution < 1.29 is 19.1 Å². The molecule has 0 atom stereocenters. The molecular formula is C25H23ClN2O4. The molecule has 5 rings (SSSR count). The zero-order chi connectivity index (χ0) is 22.2. The third kappa shape index (κ3) is 3.74. The van der Waals surface area contributed by atoms with Gasteiger partial charge >= 0.3 is 5.97 Å². The van der Waals surface area contributed by atoms with E-state index in [1.165, 1.54) is 4.68 Å². The van der Waals surface area contributed by atoms with Gasteiger partial charge in [0.2, 0.25) is 0 Å². The zero-order valence-corrected chi connectivity index (χ0v) is 18.5. The van der Waals surface area contributed by atoms with Gasteiger partial charge in [-0.1, -0.05) is 35.9 Å². The van der Waals surface area contributed by atoms with E-state index in [0.717, 1.165) is 35.2 Å². The lowest BCUT2D eigenvalue weighted by molar-refractivity contribution is 0.0526. The Morgan fingerprint density at radius 2 is 1.97 bits per heavy atom. The van der Waals surface area contributed by atoms with Gasteiger partial charge in [-0.3, -0.25) is 4.79 Å². The van der Waals surface area contributed by atoms with Gasteiger partial charge in [0.25, 0.3) is 5.91 Å². The maximum atomic E-state index is 13.7. The Labute approximate surface area is 191 Å². The van der Waals surface area contributed by atoms with Crippen molar-refractivity contribution >= 4 is 23.5 Å². The van der Waals surface area contributed by atoms with E-state index < -0.39 is 0 Å². The van der Waals surface area contributed by atoms with Crippen LogP contribution in [0.4, 0.5) is 0 Å². The summed E-state index contributed by atoms with van der Waals surface area (Å²) in [6, 6.07) is 12.7. The minimum atomic E-state index is -0.364. The third-order valence-corrected chi connectivity index (χ3v) is 6.27. The normalized spacial score (nSPS) is 15.3. The maximum Gasteiger partial charge on any atom is 0.338 e. The van der Waals surface area contributed by atoms with Crippen molar-refractivity contribution in [1.82, 2.24) is 9.78 Å². The SMILES string of the molecule is CCOC(=O)c1ccc(-c2nn(C(=O)c3c(Cl)cccc3C3CC3)c3c2COCC3)cc1. The summed E-state index contributed by atoms with van der Waals surface area (Å²) in [7, 11) is 0. The average molecular weight is 451 g/mol. The minimum Gasteiger partial charge on any atom is -0.462 e. The molecule has 0 spiro atoms. The van der Waals surface area contributed by atoms with Crippen LogP contribution in [0.3, 0.4) is 0 Å². The summed E-state index contributed by atoms with van der Waals surface area (Å²) in [4.78, 5) is 25.6. The van der Waals surface area contributed by atoms with Gasteiger partial charge in [-0.2, -0.15) is 9.78 Å². The molecule has 1 fully saturated rings. The number of esters is 1. The number of benzene rings is 2. The molecule has 1 saturated carbocycles. The van der Waals surface area contributed by atoms with Crippen LogP contribution in [0.25, 0.3) is 11.3 Å². The number of ether oxygens (including phenoxy) is 2. The summed E-state index contributed by atoms with van der Waals surface area (Å²) < 4.78 is 12.2. The second kappa shape index (κ2) is 8.52. The Balaban J connectivity index is 1.56. The largest absolute Gasteiger partial charge is 0.462 e. The zero-order valence-electron chi connectivity index (χ0n) is 17.8. The van der Waals surface area contributed by atoms with Gasteiger partial charge in [-0.25, -0.2) is 4.79 Å². The standard InChI is InChI=1S/C25H23ClN2O4/c1-2-32-25(30)17-10-8-16(9-11-17)23-19-14-31-13-12-21(19)28(27-23)24(29)22-18(15-6-7-15)4-3-5-20(22)26/h3-5,8-11,15H,2,6-7,12-14H2,1H3. The highest BCUT2D eigenvalue weighted by Gasteiger charge is 2.32. The number of carbonyl (C=O) groups is 2. The number of halogens is 1. The lowest BCUT2D eigenvalue weighted by atomic mass is 10.0. The summed E-state index contributed by atoms with van der Waals surface area (Å²) in [5.41, 5.74) is 5.26. The van der Waals surface area contributed by atoms with Crippen LogP contribution in [0.5, 0.6) is 0 Å². The Kier molecular flexibility index (Phi) is 5.57. The first-order valence-electron chi connectivity index (χ1n) is 10.9. The van der Waals surface area contributed by atoms with Crippen LogP contribution in [0.1, 0.15) is 63.2 Å². The Morgan fingerprint density at radius 3 is 2.69 bits per heavy atom. The van der Waals surface area contributed by atoms with Crippen molar-refractivity contribution in [3.8, 4) is 11.3 Å². The van der Waals surface area contributed by atoms with E-state index in [-0.39, 0.29) is 11.9 Å². The van der Waals surface area contributed by atoms with Gasteiger partial charge in [0.15, 0.2) is 0 Å². The van der Waals surface area contributed by atoms with Crippen molar-refractivity contribution in [1.29, 1.82) is 0 Å². The molecule has 0 saturated heterocycles. The Bertz CT molecular complexity index is 1200. The first-order chi connectivity index (χ1) is 15.6. The molecule has 3 aromatic rings. The number of fused-ring (bicyclic) bond motifs is 1. The van der Waals surface area contributed by atoms with Crippen molar-refractivity contribution in [2.45, 2.75) is 38.7 Å². The molecule has 1 aliphatic heterocycles. The molecule has 0 N–H and O–H groups in total. The van der Waals surface area contributed by atoms with Crippen molar-refractivity contribution in [3.63, 3.8) is 0 Å². The Hall–Kier alpha value is -2.96. The maximum absolute atomic E-state index is 13.7. The molecule has 1 aromatic heterocycles. The monoisotopic (exact) mass is 450 g/mol. The predicted octanol–water partition coefficient (Wildman–Crippen LogP) is 5.02. The highest BCUT2D eigenvalue weighted by molar-refractivity contribution is 6.34. The van der Waals surface area contributed by atoms with Crippen LogP contribution in [0, 0.1) is 0 Å². The quantitative estimate of drug-likeness (QED) is 0.510. The summed E-state index contributed by atoms with van der Waals surface area (Å²) in [5, 5.41) is 5.18. The van der Waals surface area contributed by atoms with Gasteiger partial charge in [-0.15, -0.1) is 0 Å². The van der Waals surface area contributed by atoms with Gasteiger partial charge in [0, 0.05) is 17.5 Å². The number of hydrogen-bond donors (Lipinski definition) is 0. The number of rotatable bonds is 5. The molecule has 2 aliphatic rings. The lowest BCUT2D eigenvalue weighted by Gasteiger charge is -2.16. The van der Waals surface area contributed by atoms with E-state index in [2.05, 4.69) is 0 Å². The fourth-order valence-electron chi connectivity index (χ4n) is 4.22. The molecule has 6 nitrogen and oxygen atoms in total. The third-order valence-electron chi connectivity index (χ3n) is 5.96. The number of nitrogens with zero attached hydrogens (tertiary/aromatic N) is 2. The second-order valence-electron chi connectivity index (χ2n) is 8.07. The topological polar surface area (TPSA) is 70.4 Å². The lowest BCUT2D eigenvalue weighted by Crippen LogP contribution is -2.21. The van der Waals surface area contributed by atoms with Crippen LogP contribution >= 0.6 is 11.6 Å². The van der Waals surface area contributed by atoms with E-state index in [1.807, 2.05) is 24.3 Å². The van der Waals surface area contributed by atoms with Gasteiger partial charge < -0.3 is 9.47 Å². The fraction of sp³-hybridized carbons (Fsp3) is 0.320. The highest BCUT2D eigenvalue weighted by Crippen LogP contribution is 2.43. The molecule has 0 amide bonds. The summed E-state index contributed by atoms with van der Waals surface area (Å²) in [6.45, 7) is 3.01. The average Bonchev–Trinajstić information content (AvgIpc) is 3.59. The van der Waals surface area contributed by atoms with E-state index in [1.54, 1.807) is 25.1 Å². The van der Waals surface area contributed by atoms with Crippen LogP contribution in [-0.2, 0) is 22.5 Å². The molecule has 0 unspecified atom stereocenters. The Morgan fingerprint density at radius 1 is 1.19 bits per heavy atom. The van der Waals surface area contributed by atoms with E-state index in [9.17, 15) is 9.59 Å². The summed E-state index contributed by atoms with van der Waals surface area (Å²) in [6.07, 6.45) is 2.74. The van der Waals surface area contributed by atoms with E-state index in [0.29, 0.717) is 54.0 Å². The molecule has 0 radical (unpaired) electrons.